The van der Waals surface area contributed by atoms with Crippen LogP contribution >= 0.6 is 11.6 Å². The van der Waals surface area contributed by atoms with E-state index in [0.717, 1.165) is 0 Å². The maximum atomic E-state index is 12.5. The van der Waals surface area contributed by atoms with Crippen molar-refractivity contribution in [2.45, 2.75) is 0 Å². The van der Waals surface area contributed by atoms with Crippen LogP contribution in [0.15, 0.2) is 62.2 Å². The van der Waals surface area contributed by atoms with Crippen LogP contribution in [-0.2, 0) is 0 Å². The molecule has 0 saturated carbocycles. The summed E-state index contributed by atoms with van der Waals surface area (Å²) in [6, 6.07) is 13.0. The summed E-state index contributed by atoms with van der Waals surface area (Å²) in [5.41, 5.74) is 0.607. The van der Waals surface area contributed by atoms with E-state index in [1.807, 2.05) is 0 Å². The van der Waals surface area contributed by atoms with Crippen LogP contribution in [0.4, 0.5) is 5.69 Å². The number of nitrogens with one attached hydrogen (secondary N) is 1. The first-order valence-corrected chi connectivity index (χ1v) is 8.05. The molecule has 0 saturated heterocycles. The number of hydrogen-bond acceptors (Lipinski definition) is 5. The Hall–Kier alpha value is -3.25. The fourth-order valence-corrected chi connectivity index (χ4v) is 2.90. The Labute approximate surface area is 151 Å². The van der Waals surface area contributed by atoms with Gasteiger partial charge in [0.1, 0.15) is 16.7 Å². The van der Waals surface area contributed by atoms with Crippen LogP contribution in [0.1, 0.15) is 10.6 Å². The number of methoxy groups -OCH3 is 1. The third kappa shape index (κ3) is 2.70. The molecule has 26 heavy (non-hydrogen) atoms. The highest BCUT2D eigenvalue weighted by Crippen LogP contribution is 2.28. The SMILES string of the molecule is COc1ccc(NC(=O)c2cc3c(=O)c4ccccc4oc3o2)cc1Cl. The molecule has 0 bridgehead atoms. The van der Waals surface area contributed by atoms with E-state index in [1.54, 1.807) is 42.5 Å². The van der Waals surface area contributed by atoms with Crippen LogP contribution in [0.5, 0.6) is 5.75 Å². The quantitative estimate of drug-likeness (QED) is 0.576. The number of benzene rings is 2. The first-order chi connectivity index (χ1) is 12.6. The van der Waals surface area contributed by atoms with Crippen LogP contribution in [0.3, 0.4) is 0 Å². The fraction of sp³-hybridized carbons (Fsp3) is 0.0526. The molecule has 0 aliphatic rings. The molecule has 2 aromatic carbocycles. The van der Waals surface area contributed by atoms with Gasteiger partial charge in [-0.25, -0.2) is 0 Å². The summed E-state index contributed by atoms with van der Waals surface area (Å²) in [5.74, 6) is -0.0642. The number of fused-ring (bicyclic) bond motifs is 2. The molecule has 1 N–H and O–H groups in total. The van der Waals surface area contributed by atoms with Crippen molar-refractivity contribution in [2.75, 3.05) is 12.4 Å². The molecule has 0 radical (unpaired) electrons. The Bertz CT molecular complexity index is 1210. The zero-order valence-corrected chi connectivity index (χ0v) is 14.3. The minimum absolute atomic E-state index is 0.00612. The van der Waals surface area contributed by atoms with Gasteiger partial charge in [0.05, 0.1) is 17.5 Å². The highest BCUT2D eigenvalue weighted by atomic mass is 35.5. The molecular weight excluding hydrogens is 358 g/mol. The Kier molecular flexibility index (Phi) is 3.89. The standard InChI is InChI=1S/C19H12ClNO5/c1-24-15-7-6-10(8-13(15)20)21-18(23)16-9-12-17(22)11-4-2-3-5-14(11)25-19(12)26-16/h2-9H,1H3,(H,21,23). The number of ether oxygens (including phenoxy) is 1. The molecule has 0 unspecified atom stereocenters. The Morgan fingerprint density at radius 2 is 1.88 bits per heavy atom. The largest absolute Gasteiger partial charge is 0.495 e. The van der Waals surface area contributed by atoms with E-state index in [-0.39, 0.29) is 22.4 Å². The molecule has 130 valence electrons. The van der Waals surface area contributed by atoms with Crippen LogP contribution in [0.25, 0.3) is 22.1 Å². The van der Waals surface area contributed by atoms with Crippen LogP contribution in [0.2, 0.25) is 5.02 Å². The van der Waals surface area contributed by atoms with Crippen molar-refractivity contribution >= 4 is 45.3 Å². The topological polar surface area (TPSA) is 81.7 Å². The number of rotatable bonds is 3. The molecule has 2 heterocycles. The number of anilines is 1. The van der Waals surface area contributed by atoms with Crippen LogP contribution in [-0.4, -0.2) is 13.0 Å². The van der Waals surface area contributed by atoms with Crippen molar-refractivity contribution in [3.8, 4) is 5.75 Å². The Morgan fingerprint density at radius 1 is 1.08 bits per heavy atom. The number of furan rings is 1. The average molecular weight is 370 g/mol. The number of amides is 1. The maximum absolute atomic E-state index is 12.5. The molecule has 0 spiro atoms. The van der Waals surface area contributed by atoms with Crippen molar-refractivity contribution in [3.63, 3.8) is 0 Å². The van der Waals surface area contributed by atoms with E-state index in [1.165, 1.54) is 13.2 Å². The second-order valence-electron chi connectivity index (χ2n) is 5.54. The molecule has 6 nitrogen and oxygen atoms in total. The Morgan fingerprint density at radius 3 is 2.65 bits per heavy atom. The molecule has 0 aliphatic heterocycles. The lowest BCUT2D eigenvalue weighted by atomic mass is 10.2. The first kappa shape index (κ1) is 16.2. The van der Waals surface area contributed by atoms with Crippen molar-refractivity contribution in [3.05, 3.63) is 69.5 Å². The monoisotopic (exact) mass is 369 g/mol. The second kappa shape index (κ2) is 6.24. The van der Waals surface area contributed by atoms with E-state index in [9.17, 15) is 9.59 Å². The van der Waals surface area contributed by atoms with Gasteiger partial charge in [0.2, 0.25) is 5.43 Å². The van der Waals surface area contributed by atoms with E-state index < -0.39 is 5.91 Å². The summed E-state index contributed by atoms with van der Waals surface area (Å²) < 4.78 is 16.1. The molecule has 7 heteroatoms. The molecule has 1 amide bonds. The van der Waals surface area contributed by atoms with Gasteiger partial charge in [0, 0.05) is 11.8 Å². The van der Waals surface area contributed by atoms with Gasteiger partial charge in [0.25, 0.3) is 5.91 Å². The summed E-state index contributed by atoms with van der Waals surface area (Å²) in [5, 5.41) is 3.65. The lowest BCUT2D eigenvalue weighted by molar-refractivity contribution is 0.0997. The van der Waals surface area contributed by atoms with Gasteiger partial charge in [-0.15, -0.1) is 0 Å². The van der Waals surface area contributed by atoms with Gasteiger partial charge in [0.15, 0.2) is 5.76 Å². The van der Waals surface area contributed by atoms with Crippen molar-refractivity contribution < 1.29 is 18.4 Å². The van der Waals surface area contributed by atoms with Crippen LogP contribution in [0, 0.1) is 0 Å². The first-order valence-electron chi connectivity index (χ1n) is 7.67. The van der Waals surface area contributed by atoms with Crippen molar-refractivity contribution in [1.82, 2.24) is 0 Å². The summed E-state index contributed by atoms with van der Waals surface area (Å²) >= 11 is 6.05. The fourth-order valence-electron chi connectivity index (χ4n) is 2.65. The van der Waals surface area contributed by atoms with Crippen LogP contribution < -0.4 is 15.5 Å². The summed E-state index contributed by atoms with van der Waals surface area (Å²) in [6.45, 7) is 0. The van der Waals surface area contributed by atoms with E-state index in [2.05, 4.69) is 5.32 Å². The highest BCUT2D eigenvalue weighted by molar-refractivity contribution is 6.32. The molecule has 2 aromatic heterocycles. The molecule has 0 aliphatic carbocycles. The third-order valence-electron chi connectivity index (χ3n) is 3.91. The molecule has 4 rings (SSSR count). The smallest absolute Gasteiger partial charge is 0.302 e. The van der Waals surface area contributed by atoms with E-state index >= 15 is 0 Å². The third-order valence-corrected chi connectivity index (χ3v) is 4.21. The normalized spacial score (nSPS) is 11.0. The van der Waals surface area contributed by atoms with Crippen molar-refractivity contribution in [2.24, 2.45) is 0 Å². The number of carbonyl (C=O) groups is 1. The summed E-state index contributed by atoms with van der Waals surface area (Å²) in [4.78, 5) is 24.9. The predicted octanol–water partition coefficient (Wildman–Crippen LogP) is 4.45. The molecular formula is C19H12ClNO5. The van der Waals surface area contributed by atoms with Gasteiger partial charge >= 0.3 is 5.78 Å². The average Bonchev–Trinajstić information content (AvgIpc) is 3.07. The summed E-state index contributed by atoms with van der Waals surface area (Å²) in [7, 11) is 1.50. The maximum Gasteiger partial charge on any atom is 0.302 e. The predicted molar refractivity (Wildman–Crippen MR) is 98.2 cm³/mol. The molecule has 0 atom stereocenters. The van der Waals surface area contributed by atoms with Gasteiger partial charge in [-0.05, 0) is 30.3 Å². The Balaban J connectivity index is 1.71. The highest BCUT2D eigenvalue weighted by Gasteiger charge is 2.18. The number of halogens is 1. The number of para-hydroxylation sites is 1. The zero-order chi connectivity index (χ0) is 18.3. The van der Waals surface area contributed by atoms with E-state index in [0.29, 0.717) is 27.4 Å². The number of hydrogen-bond donors (Lipinski definition) is 1. The van der Waals surface area contributed by atoms with Gasteiger partial charge < -0.3 is 18.9 Å². The van der Waals surface area contributed by atoms with Gasteiger partial charge in [-0.1, -0.05) is 23.7 Å². The minimum Gasteiger partial charge on any atom is -0.495 e. The number of carbonyl (C=O) groups excluding carboxylic acids is 1. The van der Waals surface area contributed by atoms with E-state index in [4.69, 9.17) is 25.2 Å². The zero-order valence-electron chi connectivity index (χ0n) is 13.5. The summed E-state index contributed by atoms with van der Waals surface area (Å²) in [6.07, 6.45) is 0. The minimum atomic E-state index is -0.527. The van der Waals surface area contributed by atoms with Gasteiger partial charge in [-0.2, -0.15) is 0 Å². The lowest BCUT2D eigenvalue weighted by Crippen LogP contribution is -2.10. The second-order valence-corrected chi connectivity index (χ2v) is 5.95. The van der Waals surface area contributed by atoms with Gasteiger partial charge in [-0.3, -0.25) is 9.59 Å². The molecule has 0 fully saturated rings. The van der Waals surface area contributed by atoms with Crippen molar-refractivity contribution in [1.29, 1.82) is 0 Å². The molecule has 4 aromatic rings. The lowest BCUT2D eigenvalue weighted by Gasteiger charge is -2.06.